The molecule has 1 fully saturated rings. The Hall–Kier alpha value is -3.11. The summed E-state index contributed by atoms with van der Waals surface area (Å²) in [5, 5.41) is 24.1. The van der Waals surface area contributed by atoms with Crippen LogP contribution in [0.1, 0.15) is 57.1 Å². The maximum atomic E-state index is 12.9. The van der Waals surface area contributed by atoms with E-state index >= 15 is 0 Å². The number of aliphatic carboxylic acids is 1. The number of likely N-dealkylation sites (N-methyl/N-ethyl adjacent to an activating group) is 1. The molecule has 2 aliphatic carbocycles. The largest absolute Gasteiger partial charge is 0.493 e. The number of hydrogen-bond donors (Lipinski definition) is 3. The molecule has 2 bridgehead atoms. The van der Waals surface area contributed by atoms with Crippen LogP contribution in [0.4, 0.5) is 0 Å². The average molecular weight is 529 g/mol. The lowest BCUT2D eigenvalue weighted by Gasteiger charge is -2.61. The fraction of sp³-hybridized carbons (Fsp3) is 0.607. The Bertz CT molecular complexity index is 1200. The highest BCUT2D eigenvalue weighted by molar-refractivity contribution is 5.86. The summed E-state index contributed by atoms with van der Waals surface area (Å²) in [6, 6.07) is 2.78. The van der Waals surface area contributed by atoms with Crippen LogP contribution in [0.3, 0.4) is 0 Å². The van der Waals surface area contributed by atoms with Gasteiger partial charge in [-0.3, -0.25) is 9.59 Å². The third kappa shape index (κ3) is 3.79. The average Bonchev–Trinajstić information content (AvgIpc) is 3.25. The first-order valence-corrected chi connectivity index (χ1v) is 13.3. The number of carboxylic acid groups (broad SMARTS) is 1. The van der Waals surface area contributed by atoms with Crippen LogP contribution in [0, 0.1) is 5.92 Å². The number of esters is 1. The van der Waals surface area contributed by atoms with Gasteiger partial charge in [0.1, 0.15) is 11.8 Å². The van der Waals surface area contributed by atoms with Crippen LogP contribution in [-0.4, -0.2) is 77.4 Å². The van der Waals surface area contributed by atoms with Crippen LogP contribution in [-0.2, 0) is 31.0 Å². The molecule has 6 atom stereocenters. The number of nitrogens with one attached hydrogen (secondary N) is 1. The van der Waals surface area contributed by atoms with Crippen LogP contribution in [0.15, 0.2) is 24.0 Å². The molecular weight excluding hydrogens is 492 g/mol. The first-order chi connectivity index (χ1) is 18.1. The Kier molecular flexibility index (Phi) is 6.67. The van der Waals surface area contributed by atoms with E-state index in [2.05, 4.69) is 10.2 Å². The van der Waals surface area contributed by atoms with Gasteiger partial charge in [-0.25, -0.2) is 4.79 Å². The predicted octanol–water partition coefficient (Wildman–Crippen LogP) is 1.91. The summed E-state index contributed by atoms with van der Waals surface area (Å²) >= 11 is 0. The molecule has 3 N–H and O–H groups in total. The zero-order chi connectivity index (χ0) is 27.4. The normalized spacial score (nSPS) is 30.3. The minimum Gasteiger partial charge on any atom is -0.493 e. The van der Waals surface area contributed by atoms with Gasteiger partial charge in [-0.15, -0.1) is 0 Å². The fourth-order valence-corrected chi connectivity index (χ4v) is 6.91. The van der Waals surface area contributed by atoms with Crippen LogP contribution in [0.2, 0.25) is 0 Å². The number of rotatable bonds is 9. The van der Waals surface area contributed by atoms with Crippen molar-refractivity contribution < 1.29 is 38.8 Å². The van der Waals surface area contributed by atoms with E-state index in [9.17, 15) is 24.6 Å². The Morgan fingerprint density at radius 1 is 1.29 bits per heavy atom. The second-order valence-corrected chi connectivity index (χ2v) is 11.0. The van der Waals surface area contributed by atoms with Crippen molar-refractivity contribution in [1.82, 2.24) is 10.2 Å². The van der Waals surface area contributed by atoms with E-state index in [0.29, 0.717) is 42.9 Å². The number of benzene rings is 1. The molecule has 1 aromatic rings. The maximum Gasteiger partial charge on any atom is 0.326 e. The molecule has 1 amide bonds. The minimum absolute atomic E-state index is 0.112. The molecule has 10 nitrogen and oxygen atoms in total. The molecule has 1 spiro atoms. The number of likely N-dealkylation sites (tertiary alicyclic amines) is 1. The van der Waals surface area contributed by atoms with Gasteiger partial charge in [0, 0.05) is 24.4 Å². The zero-order valence-corrected chi connectivity index (χ0v) is 22.3. The third-order valence-corrected chi connectivity index (χ3v) is 9.14. The molecule has 206 valence electrons. The molecule has 38 heavy (non-hydrogen) atoms. The number of nitrogens with zero attached hydrogens (tertiary/aromatic N) is 1. The second kappa shape index (κ2) is 9.57. The number of amides is 1. The fourth-order valence-electron chi connectivity index (χ4n) is 6.91. The number of aliphatic hydroxyl groups is 1. The summed E-state index contributed by atoms with van der Waals surface area (Å²) in [5.41, 5.74) is 0.156. The topological polar surface area (TPSA) is 135 Å². The van der Waals surface area contributed by atoms with E-state index in [1.165, 1.54) is 0 Å². The molecule has 2 aliphatic heterocycles. The van der Waals surface area contributed by atoms with E-state index in [1.807, 2.05) is 26.1 Å². The van der Waals surface area contributed by atoms with E-state index in [4.69, 9.17) is 14.2 Å². The van der Waals surface area contributed by atoms with Gasteiger partial charge in [-0.1, -0.05) is 26.3 Å². The number of carboxylic acids is 1. The van der Waals surface area contributed by atoms with Crippen LogP contribution < -0.4 is 14.8 Å². The molecule has 0 radical (unpaired) electrons. The molecule has 4 aliphatic rings. The lowest BCUT2D eigenvalue weighted by Crippen LogP contribution is -2.74. The summed E-state index contributed by atoms with van der Waals surface area (Å²) in [4.78, 5) is 39.0. The van der Waals surface area contributed by atoms with Gasteiger partial charge in [0.2, 0.25) is 5.91 Å². The molecule has 2 heterocycles. The number of carbonyl (C=O) groups excluding carboxylic acids is 2. The number of ether oxygens (including phenoxy) is 3. The zero-order valence-electron chi connectivity index (χ0n) is 22.3. The molecule has 1 aromatic carbocycles. The smallest absolute Gasteiger partial charge is 0.326 e. The van der Waals surface area contributed by atoms with Gasteiger partial charge in [0.15, 0.2) is 17.6 Å². The highest BCUT2D eigenvalue weighted by Crippen LogP contribution is 2.65. The standard InChI is InChI=1S/C28H36N2O8/c1-5-15(2)23(26(33)34)29-20(31)8-9-21(32)37-18-10-11-28(35)19-14-16-6-7-17(36-4)24-22(16)27(28,25(18)38-24)12-13-30(19)3/h6-7,10,15,19,23,25,35H,5,8-9,11-14H2,1-4H3,(H,29,31)(H,33,34). The number of carbonyl (C=O) groups is 3. The van der Waals surface area contributed by atoms with Crippen molar-refractivity contribution in [1.29, 1.82) is 0 Å². The number of methoxy groups -OCH3 is 1. The van der Waals surface area contributed by atoms with Crippen molar-refractivity contribution in [3.63, 3.8) is 0 Å². The van der Waals surface area contributed by atoms with Crippen molar-refractivity contribution in [2.75, 3.05) is 20.7 Å². The quantitative estimate of drug-likeness (QED) is 0.411. The van der Waals surface area contributed by atoms with E-state index in [1.54, 1.807) is 20.1 Å². The molecule has 1 saturated heterocycles. The Morgan fingerprint density at radius 2 is 2.05 bits per heavy atom. The SMILES string of the molecule is CCC(C)C(NC(=O)CCC(=O)OC1=CCC2(O)C3Cc4ccc(OC)c5c4C2(CCN3C)C1O5)C(=O)O. The maximum absolute atomic E-state index is 12.9. The van der Waals surface area contributed by atoms with Crippen molar-refractivity contribution in [2.45, 2.75) is 81.6 Å². The van der Waals surface area contributed by atoms with Gasteiger partial charge >= 0.3 is 11.9 Å². The van der Waals surface area contributed by atoms with Crippen molar-refractivity contribution >= 4 is 17.8 Å². The van der Waals surface area contributed by atoms with E-state index < -0.39 is 41.0 Å². The monoisotopic (exact) mass is 528 g/mol. The van der Waals surface area contributed by atoms with Crippen LogP contribution in [0.5, 0.6) is 11.5 Å². The predicted molar refractivity (Wildman–Crippen MR) is 136 cm³/mol. The second-order valence-electron chi connectivity index (χ2n) is 11.0. The highest BCUT2D eigenvalue weighted by atomic mass is 16.6. The molecule has 5 rings (SSSR count). The first-order valence-electron chi connectivity index (χ1n) is 13.3. The highest BCUT2D eigenvalue weighted by Gasteiger charge is 2.72. The summed E-state index contributed by atoms with van der Waals surface area (Å²) < 4.78 is 17.8. The molecule has 0 aromatic heterocycles. The molecular formula is C28H36N2O8. The Labute approximate surface area is 221 Å². The summed E-state index contributed by atoms with van der Waals surface area (Å²) in [5.74, 6) is -0.997. The van der Waals surface area contributed by atoms with Gasteiger partial charge in [-0.2, -0.15) is 0 Å². The summed E-state index contributed by atoms with van der Waals surface area (Å²) in [7, 11) is 3.60. The minimum atomic E-state index is -1.11. The molecule has 0 saturated carbocycles. The lowest BCUT2D eigenvalue weighted by molar-refractivity contribution is -0.169. The molecule has 10 heteroatoms. The van der Waals surface area contributed by atoms with Crippen LogP contribution >= 0.6 is 0 Å². The van der Waals surface area contributed by atoms with Crippen molar-refractivity contribution in [3.8, 4) is 11.5 Å². The van der Waals surface area contributed by atoms with E-state index in [-0.39, 0.29) is 24.8 Å². The number of hydrogen-bond acceptors (Lipinski definition) is 8. The van der Waals surface area contributed by atoms with Crippen molar-refractivity contribution in [2.24, 2.45) is 5.92 Å². The van der Waals surface area contributed by atoms with Gasteiger partial charge in [0.05, 0.1) is 24.5 Å². The van der Waals surface area contributed by atoms with Crippen molar-refractivity contribution in [3.05, 3.63) is 35.1 Å². The Morgan fingerprint density at radius 3 is 2.74 bits per heavy atom. The third-order valence-electron chi connectivity index (χ3n) is 9.14. The van der Waals surface area contributed by atoms with Crippen LogP contribution in [0.25, 0.3) is 0 Å². The molecule has 6 unspecified atom stereocenters. The first kappa shape index (κ1) is 26.5. The Balaban J connectivity index is 1.36. The van der Waals surface area contributed by atoms with Gasteiger partial charge in [-0.05, 0) is 50.1 Å². The van der Waals surface area contributed by atoms with E-state index in [0.717, 1.165) is 17.7 Å². The van der Waals surface area contributed by atoms with Gasteiger partial charge in [0.25, 0.3) is 0 Å². The van der Waals surface area contributed by atoms with Gasteiger partial charge < -0.3 is 34.6 Å². The summed E-state index contributed by atoms with van der Waals surface area (Å²) in [6.07, 6.45) is 2.82. The number of piperidine rings is 1. The lowest BCUT2D eigenvalue weighted by atomic mass is 9.50. The summed E-state index contributed by atoms with van der Waals surface area (Å²) in [6.45, 7) is 4.36.